The molecule has 0 heterocycles. The van der Waals surface area contributed by atoms with Crippen LogP contribution in [0.3, 0.4) is 0 Å². The van der Waals surface area contributed by atoms with Crippen LogP contribution in [0.4, 0.5) is 0 Å². The maximum Gasteiger partial charge on any atom is 0.240 e. The van der Waals surface area contributed by atoms with Crippen molar-refractivity contribution in [2.24, 2.45) is 5.73 Å². The van der Waals surface area contributed by atoms with Gasteiger partial charge in [0.15, 0.2) is 0 Å². The van der Waals surface area contributed by atoms with Crippen molar-refractivity contribution in [2.45, 2.75) is 24.2 Å². The molecule has 0 spiro atoms. The van der Waals surface area contributed by atoms with Crippen molar-refractivity contribution in [2.75, 3.05) is 32.2 Å². The number of benzene rings is 1. The van der Waals surface area contributed by atoms with Crippen LogP contribution in [0, 0.1) is 0 Å². The zero-order valence-electron chi connectivity index (χ0n) is 12.6. The Bertz CT molecular complexity index is 533. The van der Waals surface area contributed by atoms with Gasteiger partial charge in [-0.05, 0) is 61.6 Å². The fourth-order valence-corrected chi connectivity index (χ4v) is 3.77. The summed E-state index contributed by atoms with van der Waals surface area (Å²) in [7, 11) is -1.94. The number of ether oxygens (including phenoxy) is 1. The largest absolute Gasteiger partial charge is 0.497 e. The van der Waals surface area contributed by atoms with Crippen molar-refractivity contribution >= 4 is 21.8 Å². The Kier molecular flexibility index (Phi) is 8.10. The summed E-state index contributed by atoms with van der Waals surface area (Å²) in [5, 5.41) is 0. The quantitative estimate of drug-likeness (QED) is 0.636. The summed E-state index contributed by atoms with van der Waals surface area (Å²) in [5.74, 6) is 1.68. The molecule has 0 fully saturated rings. The molecule has 0 aliphatic rings. The molecule has 0 aliphatic heterocycles. The summed E-state index contributed by atoms with van der Waals surface area (Å²) in [6.45, 7) is 0.848. The number of rotatable bonds is 10. The van der Waals surface area contributed by atoms with Gasteiger partial charge in [-0.3, -0.25) is 0 Å². The summed E-state index contributed by atoms with van der Waals surface area (Å²) < 4.78 is 32.5. The number of thioether (sulfide) groups is 1. The highest BCUT2D eigenvalue weighted by molar-refractivity contribution is 7.98. The molecule has 0 saturated heterocycles. The third kappa shape index (κ3) is 5.86. The highest BCUT2D eigenvalue weighted by Crippen LogP contribution is 2.22. The standard InChI is InChI=1S/C14H24N2O3S2/c1-19-13-5-6-14(12(11-13)7-8-15)21(17,18)16-9-3-4-10-20-2/h5-6,11,16H,3-4,7-10,15H2,1-2H3. The molecule has 0 aromatic heterocycles. The van der Waals surface area contributed by atoms with E-state index in [9.17, 15) is 8.42 Å². The minimum Gasteiger partial charge on any atom is -0.497 e. The predicted octanol–water partition coefficient (Wildman–Crippen LogP) is 1.62. The monoisotopic (exact) mass is 332 g/mol. The molecule has 0 amide bonds. The molecule has 1 aromatic carbocycles. The highest BCUT2D eigenvalue weighted by Gasteiger charge is 2.18. The van der Waals surface area contributed by atoms with Crippen LogP contribution in [-0.2, 0) is 16.4 Å². The van der Waals surface area contributed by atoms with E-state index in [4.69, 9.17) is 10.5 Å². The smallest absolute Gasteiger partial charge is 0.240 e. The summed E-state index contributed by atoms with van der Waals surface area (Å²) in [4.78, 5) is 0.290. The van der Waals surface area contributed by atoms with E-state index in [0.717, 1.165) is 18.6 Å². The van der Waals surface area contributed by atoms with Crippen LogP contribution in [-0.4, -0.2) is 40.6 Å². The van der Waals surface area contributed by atoms with Gasteiger partial charge in [0.05, 0.1) is 12.0 Å². The van der Waals surface area contributed by atoms with Crippen molar-refractivity contribution in [3.63, 3.8) is 0 Å². The molecule has 3 N–H and O–H groups in total. The molecular formula is C14H24N2O3S2. The first-order valence-electron chi connectivity index (χ1n) is 6.90. The van der Waals surface area contributed by atoms with E-state index in [1.165, 1.54) is 0 Å². The molecule has 0 unspecified atom stereocenters. The van der Waals surface area contributed by atoms with E-state index in [2.05, 4.69) is 4.72 Å². The zero-order chi connectivity index (χ0) is 15.7. The van der Waals surface area contributed by atoms with Gasteiger partial charge >= 0.3 is 0 Å². The SMILES string of the molecule is COc1ccc(S(=O)(=O)NCCCCSC)c(CCN)c1. The first kappa shape index (κ1) is 18.3. The van der Waals surface area contributed by atoms with Gasteiger partial charge in [-0.2, -0.15) is 11.8 Å². The minimum atomic E-state index is -3.49. The van der Waals surface area contributed by atoms with Crippen molar-refractivity contribution in [1.29, 1.82) is 0 Å². The van der Waals surface area contributed by atoms with Gasteiger partial charge < -0.3 is 10.5 Å². The fraction of sp³-hybridized carbons (Fsp3) is 0.571. The molecule has 21 heavy (non-hydrogen) atoms. The average Bonchev–Trinajstić information content (AvgIpc) is 2.47. The maximum atomic E-state index is 12.4. The first-order valence-corrected chi connectivity index (χ1v) is 9.78. The zero-order valence-corrected chi connectivity index (χ0v) is 14.2. The van der Waals surface area contributed by atoms with Crippen LogP contribution in [0.2, 0.25) is 0 Å². The van der Waals surface area contributed by atoms with Gasteiger partial charge in [-0.1, -0.05) is 0 Å². The lowest BCUT2D eigenvalue weighted by Gasteiger charge is -2.12. The maximum absolute atomic E-state index is 12.4. The van der Waals surface area contributed by atoms with Crippen LogP contribution < -0.4 is 15.2 Å². The third-order valence-corrected chi connectivity index (χ3v) is 5.30. The number of unbranched alkanes of at least 4 members (excludes halogenated alkanes) is 1. The summed E-state index contributed by atoms with van der Waals surface area (Å²) in [6, 6.07) is 4.96. The number of nitrogens with two attached hydrogens (primary N) is 1. The average molecular weight is 332 g/mol. The summed E-state index contributed by atoms with van der Waals surface area (Å²) in [5.41, 5.74) is 6.25. The van der Waals surface area contributed by atoms with Crippen molar-refractivity contribution in [3.8, 4) is 5.75 Å². The Labute approximate surface area is 131 Å². The molecule has 1 aromatic rings. The number of hydrogen-bond acceptors (Lipinski definition) is 5. The van der Waals surface area contributed by atoms with E-state index in [0.29, 0.717) is 35.7 Å². The molecular weight excluding hydrogens is 308 g/mol. The second-order valence-electron chi connectivity index (χ2n) is 4.61. The summed E-state index contributed by atoms with van der Waals surface area (Å²) in [6.07, 6.45) is 4.38. The van der Waals surface area contributed by atoms with Gasteiger partial charge in [0.25, 0.3) is 0 Å². The normalized spacial score (nSPS) is 11.6. The van der Waals surface area contributed by atoms with Gasteiger partial charge in [0.2, 0.25) is 10.0 Å². The van der Waals surface area contributed by atoms with E-state index in [-0.39, 0.29) is 0 Å². The van der Waals surface area contributed by atoms with Gasteiger partial charge in [0, 0.05) is 6.54 Å². The second kappa shape index (κ2) is 9.30. The topological polar surface area (TPSA) is 81.4 Å². The minimum absolute atomic E-state index is 0.290. The third-order valence-electron chi connectivity index (χ3n) is 3.04. The van der Waals surface area contributed by atoms with Crippen LogP contribution in [0.15, 0.2) is 23.1 Å². The summed E-state index contributed by atoms with van der Waals surface area (Å²) >= 11 is 1.76. The Hall–Kier alpha value is -0.760. The van der Waals surface area contributed by atoms with Crippen LogP contribution in [0.1, 0.15) is 18.4 Å². The predicted molar refractivity (Wildman–Crippen MR) is 88.6 cm³/mol. The lowest BCUT2D eigenvalue weighted by Crippen LogP contribution is -2.26. The molecule has 7 heteroatoms. The molecule has 0 radical (unpaired) electrons. The fourth-order valence-electron chi connectivity index (χ4n) is 1.95. The highest BCUT2D eigenvalue weighted by atomic mass is 32.2. The van der Waals surface area contributed by atoms with E-state index in [1.54, 1.807) is 37.1 Å². The Morgan fingerprint density at radius 1 is 1.33 bits per heavy atom. The Balaban J connectivity index is 2.81. The van der Waals surface area contributed by atoms with Gasteiger partial charge in [-0.25, -0.2) is 13.1 Å². The molecule has 0 aliphatic carbocycles. The molecule has 1 rings (SSSR count). The van der Waals surface area contributed by atoms with Crippen molar-refractivity contribution in [1.82, 2.24) is 4.72 Å². The van der Waals surface area contributed by atoms with Crippen molar-refractivity contribution in [3.05, 3.63) is 23.8 Å². The molecule has 0 saturated carbocycles. The number of methoxy groups -OCH3 is 1. The van der Waals surface area contributed by atoms with Gasteiger partial charge in [0.1, 0.15) is 5.75 Å². The van der Waals surface area contributed by atoms with E-state index in [1.807, 2.05) is 6.26 Å². The van der Waals surface area contributed by atoms with Gasteiger partial charge in [-0.15, -0.1) is 0 Å². The molecule has 0 bridgehead atoms. The Morgan fingerprint density at radius 3 is 2.71 bits per heavy atom. The van der Waals surface area contributed by atoms with Crippen LogP contribution >= 0.6 is 11.8 Å². The number of hydrogen-bond donors (Lipinski definition) is 2. The van der Waals surface area contributed by atoms with E-state index >= 15 is 0 Å². The van der Waals surface area contributed by atoms with Crippen LogP contribution in [0.5, 0.6) is 5.75 Å². The Morgan fingerprint density at radius 2 is 2.10 bits per heavy atom. The van der Waals surface area contributed by atoms with Crippen molar-refractivity contribution < 1.29 is 13.2 Å². The second-order valence-corrected chi connectivity index (χ2v) is 7.33. The van der Waals surface area contributed by atoms with Crippen LogP contribution in [0.25, 0.3) is 0 Å². The molecule has 0 atom stereocenters. The first-order chi connectivity index (χ1) is 10.0. The lowest BCUT2D eigenvalue weighted by molar-refractivity contribution is 0.413. The molecule has 5 nitrogen and oxygen atoms in total. The number of nitrogens with one attached hydrogen (secondary N) is 1. The number of sulfonamides is 1. The van der Waals surface area contributed by atoms with E-state index < -0.39 is 10.0 Å². The lowest BCUT2D eigenvalue weighted by atomic mass is 10.1. The molecule has 120 valence electrons.